The minimum Gasteiger partial charge on any atom is -0.481 e. The van der Waals surface area contributed by atoms with Crippen LogP contribution in [0.3, 0.4) is 0 Å². The van der Waals surface area contributed by atoms with Crippen LogP contribution in [-0.2, 0) is 18.3 Å². The predicted molar refractivity (Wildman–Crippen MR) is 95.0 cm³/mol. The highest BCUT2D eigenvalue weighted by atomic mass is 19.4. The summed E-state index contributed by atoms with van der Waals surface area (Å²) in [6, 6.07) is 5.32. The fourth-order valence-electron chi connectivity index (χ4n) is 3.33. The molecule has 0 amide bonds. The van der Waals surface area contributed by atoms with Crippen molar-refractivity contribution >= 4 is 0 Å². The third-order valence-electron chi connectivity index (χ3n) is 4.98. The number of likely N-dealkylation sites (tertiary alicyclic amines) is 1. The van der Waals surface area contributed by atoms with E-state index >= 15 is 0 Å². The van der Waals surface area contributed by atoms with Crippen molar-refractivity contribution in [2.45, 2.75) is 31.2 Å². The number of halogens is 3. The van der Waals surface area contributed by atoms with E-state index in [9.17, 15) is 18.3 Å². The normalized spacial score (nSPS) is 17.4. The molecule has 9 heteroatoms. The van der Waals surface area contributed by atoms with Gasteiger partial charge >= 0.3 is 12.2 Å². The minimum absolute atomic E-state index is 0.156. The maximum absolute atomic E-state index is 12.7. The maximum atomic E-state index is 12.7. The van der Waals surface area contributed by atoms with Crippen molar-refractivity contribution in [3.63, 3.8) is 0 Å². The average Bonchev–Trinajstić information content (AvgIpc) is 2.69. The van der Waals surface area contributed by atoms with Crippen LogP contribution in [0.4, 0.5) is 13.2 Å². The van der Waals surface area contributed by atoms with Crippen LogP contribution >= 0.6 is 0 Å². The van der Waals surface area contributed by atoms with E-state index in [1.165, 1.54) is 32.5 Å². The van der Waals surface area contributed by atoms with Crippen molar-refractivity contribution in [3.8, 4) is 11.9 Å². The zero-order valence-corrected chi connectivity index (χ0v) is 15.7. The van der Waals surface area contributed by atoms with E-state index in [2.05, 4.69) is 14.9 Å². The molecule has 1 aromatic heterocycles. The summed E-state index contributed by atoms with van der Waals surface area (Å²) in [7, 11) is 2.91. The van der Waals surface area contributed by atoms with Crippen molar-refractivity contribution < 1.29 is 27.8 Å². The molecule has 0 aliphatic carbocycles. The lowest BCUT2D eigenvalue weighted by molar-refractivity contribution is -0.137. The molecule has 1 N–H and O–H groups in total. The molecule has 0 bridgehead atoms. The van der Waals surface area contributed by atoms with Gasteiger partial charge < -0.3 is 14.6 Å². The number of aromatic nitrogens is 2. The van der Waals surface area contributed by atoms with Crippen molar-refractivity contribution in [1.29, 1.82) is 0 Å². The van der Waals surface area contributed by atoms with Gasteiger partial charge in [-0.25, -0.2) is 4.98 Å². The lowest BCUT2D eigenvalue weighted by Gasteiger charge is -2.38. The summed E-state index contributed by atoms with van der Waals surface area (Å²) in [5.74, 6) is 0.269. The Morgan fingerprint density at radius 1 is 1.11 bits per heavy atom. The highest BCUT2D eigenvalue weighted by molar-refractivity contribution is 5.32. The number of nitrogens with zero attached hydrogens (tertiary/aromatic N) is 3. The van der Waals surface area contributed by atoms with Crippen molar-refractivity contribution in [2.75, 3.05) is 27.3 Å². The Morgan fingerprint density at radius 3 is 2.29 bits per heavy atom. The van der Waals surface area contributed by atoms with E-state index in [-0.39, 0.29) is 11.9 Å². The monoisotopic (exact) mass is 397 g/mol. The number of hydrogen-bond acceptors (Lipinski definition) is 6. The van der Waals surface area contributed by atoms with Gasteiger partial charge in [-0.15, -0.1) is 0 Å². The second-order valence-corrected chi connectivity index (χ2v) is 6.78. The molecule has 0 spiro atoms. The summed E-state index contributed by atoms with van der Waals surface area (Å²) in [4.78, 5) is 10.3. The summed E-state index contributed by atoms with van der Waals surface area (Å²) < 4.78 is 48.3. The van der Waals surface area contributed by atoms with Crippen LogP contribution in [0.5, 0.6) is 11.9 Å². The molecule has 28 heavy (non-hydrogen) atoms. The number of methoxy groups -OCH3 is 2. The molecule has 152 valence electrons. The molecule has 2 heterocycles. The Balaban J connectivity index is 1.65. The Kier molecular flexibility index (Phi) is 5.76. The molecule has 1 aliphatic heterocycles. The first-order valence-corrected chi connectivity index (χ1v) is 8.81. The summed E-state index contributed by atoms with van der Waals surface area (Å²) in [5, 5.41) is 11.1. The highest BCUT2D eigenvalue weighted by Gasteiger charge is 2.37. The van der Waals surface area contributed by atoms with Crippen LogP contribution < -0.4 is 9.47 Å². The van der Waals surface area contributed by atoms with Gasteiger partial charge in [-0.2, -0.15) is 18.2 Å². The van der Waals surface area contributed by atoms with Crippen LogP contribution in [-0.4, -0.2) is 47.3 Å². The lowest BCUT2D eigenvalue weighted by Crippen LogP contribution is -2.42. The van der Waals surface area contributed by atoms with Gasteiger partial charge in [0.05, 0.1) is 30.9 Å². The summed E-state index contributed by atoms with van der Waals surface area (Å²) in [5.41, 5.74) is -0.488. The molecular formula is C19H22F3N3O3. The van der Waals surface area contributed by atoms with Crippen molar-refractivity contribution in [1.82, 2.24) is 14.9 Å². The quantitative estimate of drug-likeness (QED) is 0.837. The number of alkyl halides is 3. The fraction of sp³-hybridized carbons (Fsp3) is 0.474. The van der Waals surface area contributed by atoms with Gasteiger partial charge in [-0.3, -0.25) is 4.90 Å². The third-order valence-corrected chi connectivity index (χ3v) is 4.98. The first kappa shape index (κ1) is 20.3. The smallest absolute Gasteiger partial charge is 0.416 e. The van der Waals surface area contributed by atoms with Crippen LogP contribution in [0, 0.1) is 0 Å². The topological polar surface area (TPSA) is 67.7 Å². The fourth-order valence-corrected chi connectivity index (χ4v) is 3.33. The van der Waals surface area contributed by atoms with E-state index in [1.807, 2.05) is 0 Å². The number of benzene rings is 1. The van der Waals surface area contributed by atoms with Crippen LogP contribution in [0.1, 0.15) is 29.5 Å². The number of hydrogen-bond donors (Lipinski definition) is 1. The number of aliphatic hydroxyl groups is 1. The zero-order valence-electron chi connectivity index (χ0n) is 15.7. The van der Waals surface area contributed by atoms with E-state index in [0.717, 1.165) is 17.7 Å². The molecule has 0 unspecified atom stereocenters. The lowest BCUT2D eigenvalue weighted by atomic mass is 9.85. The van der Waals surface area contributed by atoms with Gasteiger partial charge in [0.2, 0.25) is 5.88 Å². The standard InChI is InChI=1S/C19H22F3N3O3/c1-27-16-15(11-23-17(24-16)28-2)18(26)7-9-25(10-8-18)12-13-3-5-14(6-4-13)19(20,21)22/h3-6,11,26H,7-10,12H2,1-2H3. The summed E-state index contributed by atoms with van der Waals surface area (Å²) in [6.45, 7) is 1.67. The molecule has 0 saturated carbocycles. The molecule has 1 aromatic carbocycles. The average molecular weight is 397 g/mol. The van der Waals surface area contributed by atoms with Crippen LogP contribution in [0.25, 0.3) is 0 Å². The van der Waals surface area contributed by atoms with Crippen molar-refractivity contribution in [3.05, 3.63) is 47.2 Å². The first-order chi connectivity index (χ1) is 13.2. The Labute approximate surface area is 160 Å². The molecule has 0 radical (unpaired) electrons. The van der Waals surface area contributed by atoms with Gasteiger partial charge in [0.1, 0.15) is 0 Å². The second-order valence-electron chi connectivity index (χ2n) is 6.78. The first-order valence-electron chi connectivity index (χ1n) is 8.81. The zero-order chi connectivity index (χ0) is 20.4. The molecule has 0 atom stereocenters. The number of piperidine rings is 1. The summed E-state index contributed by atoms with van der Waals surface area (Å²) in [6.07, 6.45) is -1.96. The molecule has 1 aliphatic rings. The summed E-state index contributed by atoms with van der Waals surface area (Å²) >= 11 is 0. The molecule has 2 aromatic rings. The highest BCUT2D eigenvalue weighted by Crippen LogP contribution is 2.38. The molecule has 6 nitrogen and oxygen atoms in total. The van der Waals surface area contributed by atoms with E-state index in [1.54, 1.807) is 0 Å². The molecule has 3 rings (SSSR count). The van der Waals surface area contributed by atoms with E-state index < -0.39 is 17.3 Å². The second kappa shape index (κ2) is 7.92. The van der Waals surface area contributed by atoms with E-state index in [0.29, 0.717) is 38.0 Å². The molecular weight excluding hydrogens is 375 g/mol. The number of ether oxygens (including phenoxy) is 2. The predicted octanol–water partition coefficient (Wildman–Crippen LogP) is 3.00. The third kappa shape index (κ3) is 4.36. The van der Waals surface area contributed by atoms with Gasteiger partial charge in [0.25, 0.3) is 0 Å². The minimum atomic E-state index is -4.33. The molecule has 1 saturated heterocycles. The Morgan fingerprint density at radius 2 is 1.75 bits per heavy atom. The largest absolute Gasteiger partial charge is 0.481 e. The van der Waals surface area contributed by atoms with Crippen LogP contribution in [0.15, 0.2) is 30.5 Å². The van der Waals surface area contributed by atoms with Crippen molar-refractivity contribution in [2.24, 2.45) is 0 Å². The van der Waals surface area contributed by atoms with Gasteiger partial charge in [0, 0.05) is 25.8 Å². The number of rotatable bonds is 5. The van der Waals surface area contributed by atoms with Gasteiger partial charge in [-0.1, -0.05) is 12.1 Å². The van der Waals surface area contributed by atoms with Crippen LogP contribution in [0.2, 0.25) is 0 Å². The molecule has 1 fully saturated rings. The maximum Gasteiger partial charge on any atom is 0.416 e. The Hall–Kier alpha value is -2.39. The van der Waals surface area contributed by atoms with Gasteiger partial charge in [-0.05, 0) is 30.5 Å². The Bertz CT molecular complexity index is 804. The SMILES string of the molecule is COc1ncc(C2(O)CCN(Cc3ccc(C(F)(F)F)cc3)CC2)c(OC)n1. The van der Waals surface area contributed by atoms with E-state index in [4.69, 9.17) is 9.47 Å². The van der Waals surface area contributed by atoms with Gasteiger partial charge in [0.15, 0.2) is 0 Å².